The number of carbonyl (C=O) groups is 3. The monoisotopic (exact) mass is 435 g/mol. The molecule has 9 heteroatoms. The molecular formula is C12H7Br2NO5S. The average Bonchev–Trinajstić information content (AvgIpc) is 2.63. The lowest BCUT2D eigenvalue weighted by Crippen LogP contribution is -2.33. The van der Waals surface area contributed by atoms with Crippen LogP contribution in [0.5, 0.6) is 5.75 Å². The van der Waals surface area contributed by atoms with Crippen LogP contribution in [0.1, 0.15) is 5.56 Å². The molecule has 1 aliphatic heterocycles. The van der Waals surface area contributed by atoms with Crippen LogP contribution in [0.15, 0.2) is 26.0 Å². The Bertz CT molecular complexity index is 688. The minimum absolute atomic E-state index is 0.0570. The fourth-order valence-corrected chi connectivity index (χ4v) is 3.70. The Labute approximate surface area is 140 Å². The molecule has 0 atom stereocenters. The quantitative estimate of drug-likeness (QED) is 0.707. The number of imide groups is 1. The van der Waals surface area contributed by atoms with Crippen molar-refractivity contribution in [1.82, 2.24) is 4.90 Å². The summed E-state index contributed by atoms with van der Waals surface area (Å²) in [6.07, 6.45) is 1.34. The van der Waals surface area contributed by atoms with Crippen molar-refractivity contribution in [3.05, 3.63) is 31.5 Å². The number of carboxylic acids is 1. The Morgan fingerprint density at radius 1 is 1.33 bits per heavy atom. The van der Waals surface area contributed by atoms with E-state index >= 15 is 0 Å². The molecule has 0 radical (unpaired) electrons. The number of aliphatic carboxylic acids is 1. The zero-order valence-electron chi connectivity index (χ0n) is 10.2. The smallest absolute Gasteiger partial charge is 0.323 e. The Balaban J connectivity index is 2.37. The van der Waals surface area contributed by atoms with Crippen molar-refractivity contribution >= 4 is 66.8 Å². The predicted molar refractivity (Wildman–Crippen MR) is 83.8 cm³/mol. The highest BCUT2D eigenvalue weighted by molar-refractivity contribution is 9.11. The third-order valence-electron chi connectivity index (χ3n) is 2.51. The first kappa shape index (κ1) is 16.1. The molecule has 1 heterocycles. The topological polar surface area (TPSA) is 94.9 Å². The number of aromatic hydroxyl groups is 1. The van der Waals surface area contributed by atoms with Gasteiger partial charge in [-0.05, 0) is 45.9 Å². The van der Waals surface area contributed by atoms with E-state index in [1.165, 1.54) is 6.08 Å². The van der Waals surface area contributed by atoms with Crippen molar-refractivity contribution < 1.29 is 24.6 Å². The largest absolute Gasteiger partial charge is 0.506 e. The van der Waals surface area contributed by atoms with E-state index in [0.29, 0.717) is 31.2 Å². The van der Waals surface area contributed by atoms with Crippen LogP contribution in [0.4, 0.5) is 4.79 Å². The van der Waals surface area contributed by atoms with Gasteiger partial charge in [-0.25, -0.2) is 0 Å². The zero-order valence-corrected chi connectivity index (χ0v) is 14.2. The maximum Gasteiger partial charge on any atom is 0.323 e. The summed E-state index contributed by atoms with van der Waals surface area (Å²) in [5, 5.41) is 17.9. The van der Waals surface area contributed by atoms with Crippen molar-refractivity contribution in [2.75, 3.05) is 6.54 Å². The highest BCUT2D eigenvalue weighted by Crippen LogP contribution is 2.37. The van der Waals surface area contributed by atoms with Gasteiger partial charge < -0.3 is 10.2 Å². The van der Waals surface area contributed by atoms with E-state index in [4.69, 9.17) is 5.11 Å². The number of halogens is 2. The summed E-state index contributed by atoms with van der Waals surface area (Å²) >= 11 is 7.05. The third kappa shape index (κ3) is 3.47. The summed E-state index contributed by atoms with van der Waals surface area (Å²) in [5.41, 5.74) is 0.331. The summed E-state index contributed by atoms with van der Waals surface area (Å²) < 4.78 is 1.09. The van der Waals surface area contributed by atoms with E-state index in [1.54, 1.807) is 12.1 Å². The van der Waals surface area contributed by atoms with Crippen molar-refractivity contribution in [3.63, 3.8) is 0 Å². The van der Waals surface area contributed by atoms with Gasteiger partial charge in [-0.3, -0.25) is 19.3 Å². The summed E-state index contributed by atoms with van der Waals surface area (Å²) in [5.74, 6) is -2.04. The van der Waals surface area contributed by atoms with Crippen LogP contribution < -0.4 is 0 Å². The Kier molecular flexibility index (Phi) is 4.74. The van der Waals surface area contributed by atoms with Gasteiger partial charge in [-0.1, -0.05) is 15.9 Å². The predicted octanol–water partition coefficient (Wildman–Crippen LogP) is 3.04. The van der Waals surface area contributed by atoms with E-state index in [-0.39, 0.29) is 10.7 Å². The van der Waals surface area contributed by atoms with Crippen molar-refractivity contribution in [1.29, 1.82) is 0 Å². The minimum Gasteiger partial charge on any atom is -0.506 e. The molecule has 2 N–H and O–H groups in total. The number of nitrogens with zero attached hydrogens (tertiary/aromatic N) is 1. The van der Waals surface area contributed by atoms with Gasteiger partial charge in [-0.15, -0.1) is 0 Å². The lowest BCUT2D eigenvalue weighted by molar-refractivity contribution is -0.140. The average molecular weight is 437 g/mol. The standard InChI is InChI=1S/C12H7Br2NO5S/c13-6-1-5(10(18)7(14)3-6)2-8-11(19)15(4-9(16)17)12(20)21-8/h1-3,18H,4H2,(H,16,17)/b8-2-. The second kappa shape index (κ2) is 6.20. The molecule has 110 valence electrons. The lowest BCUT2D eigenvalue weighted by Gasteiger charge is -2.08. The first-order valence-corrected chi connectivity index (χ1v) is 7.85. The van der Waals surface area contributed by atoms with Gasteiger partial charge >= 0.3 is 5.97 Å². The highest BCUT2D eigenvalue weighted by atomic mass is 79.9. The molecule has 2 amide bonds. The number of hydrogen-bond donors (Lipinski definition) is 2. The molecule has 1 saturated heterocycles. The maximum atomic E-state index is 12.0. The van der Waals surface area contributed by atoms with Crippen molar-refractivity contribution in [3.8, 4) is 5.75 Å². The van der Waals surface area contributed by atoms with Crippen LogP contribution in [0.2, 0.25) is 0 Å². The molecule has 6 nitrogen and oxygen atoms in total. The summed E-state index contributed by atoms with van der Waals surface area (Å²) in [6, 6.07) is 3.20. The molecule has 0 aromatic heterocycles. The molecule has 1 aliphatic rings. The number of carboxylic acid groups (broad SMARTS) is 1. The number of hydrogen-bond acceptors (Lipinski definition) is 5. The fraction of sp³-hybridized carbons (Fsp3) is 0.0833. The molecule has 1 aromatic carbocycles. The molecule has 1 aromatic rings. The van der Waals surface area contributed by atoms with E-state index in [0.717, 1.165) is 0 Å². The number of thioether (sulfide) groups is 1. The molecule has 1 fully saturated rings. The van der Waals surface area contributed by atoms with Gasteiger partial charge in [-0.2, -0.15) is 0 Å². The van der Waals surface area contributed by atoms with E-state index < -0.39 is 23.7 Å². The lowest BCUT2D eigenvalue weighted by atomic mass is 10.2. The maximum absolute atomic E-state index is 12.0. The molecule has 0 bridgehead atoms. The van der Waals surface area contributed by atoms with Crippen LogP contribution >= 0.6 is 43.6 Å². The van der Waals surface area contributed by atoms with Gasteiger partial charge in [0.1, 0.15) is 12.3 Å². The van der Waals surface area contributed by atoms with Crippen molar-refractivity contribution in [2.45, 2.75) is 0 Å². The number of benzene rings is 1. The Morgan fingerprint density at radius 3 is 2.62 bits per heavy atom. The van der Waals surface area contributed by atoms with Gasteiger partial charge in [0, 0.05) is 10.0 Å². The van der Waals surface area contributed by atoms with Crippen LogP contribution in [0.3, 0.4) is 0 Å². The second-order valence-electron chi connectivity index (χ2n) is 3.99. The Morgan fingerprint density at radius 2 is 2.00 bits per heavy atom. The van der Waals surface area contributed by atoms with Gasteiger partial charge in [0.15, 0.2) is 0 Å². The van der Waals surface area contributed by atoms with Crippen LogP contribution in [-0.2, 0) is 9.59 Å². The normalized spacial score (nSPS) is 16.9. The number of carbonyl (C=O) groups excluding carboxylic acids is 2. The van der Waals surface area contributed by atoms with Crippen LogP contribution in [0, 0.1) is 0 Å². The Hall–Kier alpha value is -1.32. The third-order valence-corrected chi connectivity index (χ3v) is 4.48. The minimum atomic E-state index is -1.27. The zero-order chi connectivity index (χ0) is 15.7. The van der Waals surface area contributed by atoms with Gasteiger partial charge in [0.25, 0.3) is 11.1 Å². The van der Waals surface area contributed by atoms with Crippen molar-refractivity contribution in [2.24, 2.45) is 0 Å². The summed E-state index contributed by atoms with van der Waals surface area (Å²) in [7, 11) is 0. The van der Waals surface area contributed by atoms with Crippen LogP contribution in [-0.4, -0.2) is 38.8 Å². The van der Waals surface area contributed by atoms with Gasteiger partial charge in [0.2, 0.25) is 0 Å². The number of rotatable bonds is 3. The summed E-state index contributed by atoms with van der Waals surface area (Å²) in [4.78, 5) is 34.9. The van der Waals surface area contributed by atoms with Gasteiger partial charge in [0.05, 0.1) is 9.38 Å². The second-order valence-corrected chi connectivity index (χ2v) is 6.75. The molecule has 0 unspecified atom stereocenters. The first-order chi connectivity index (χ1) is 9.79. The number of phenolic OH excluding ortho intramolecular Hbond substituents is 1. The fourth-order valence-electron chi connectivity index (χ4n) is 1.61. The molecule has 0 spiro atoms. The van der Waals surface area contributed by atoms with E-state index in [1.807, 2.05) is 0 Å². The first-order valence-electron chi connectivity index (χ1n) is 5.44. The van der Waals surface area contributed by atoms with Crippen LogP contribution in [0.25, 0.3) is 6.08 Å². The molecule has 0 saturated carbocycles. The highest BCUT2D eigenvalue weighted by Gasteiger charge is 2.36. The van der Waals surface area contributed by atoms with E-state index in [2.05, 4.69) is 31.9 Å². The molecular weight excluding hydrogens is 430 g/mol. The molecule has 21 heavy (non-hydrogen) atoms. The number of amides is 2. The molecule has 0 aliphatic carbocycles. The summed E-state index contributed by atoms with van der Waals surface area (Å²) in [6.45, 7) is -0.684. The number of phenols is 1. The SMILES string of the molecule is O=C(O)CN1C(=O)S/C(=C\c2cc(Br)cc(Br)c2O)C1=O. The molecule has 2 rings (SSSR count). The van der Waals surface area contributed by atoms with E-state index in [9.17, 15) is 19.5 Å².